The Balaban J connectivity index is 1.31. The molecule has 4 unspecified atom stereocenters. The van der Waals surface area contributed by atoms with Gasteiger partial charge in [0.1, 0.15) is 5.82 Å². The van der Waals surface area contributed by atoms with Gasteiger partial charge in [-0.05, 0) is 84.8 Å². The van der Waals surface area contributed by atoms with E-state index in [2.05, 4.69) is 21.2 Å². The summed E-state index contributed by atoms with van der Waals surface area (Å²) in [4.78, 5) is 9.68. The lowest BCUT2D eigenvalue weighted by atomic mass is 9.80. The molecule has 1 N–H and O–H groups in total. The number of pyridine rings is 1. The molecule has 3 aliphatic rings. The molecule has 1 aromatic heterocycles. The van der Waals surface area contributed by atoms with Crippen molar-refractivity contribution in [2.24, 2.45) is 11.8 Å². The van der Waals surface area contributed by atoms with Crippen LogP contribution in [0.25, 0.3) is 11.1 Å². The Morgan fingerprint density at radius 3 is 2.50 bits per heavy atom. The maximum atomic E-state index is 13.4. The molecule has 3 fully saturated rings. The Hall–Kier alpha value is -3.57. The van der Waals surface area contributed by atoms with E-state index >= 15 is 0 Å². The summed E-state index contributed by atoms with van der Waals surface area (Å²) in [6.07, 6.45) is 3.13. The van der Waals surface area contributed by atoms with Crippen molar-refractivity contribution in [3.05, 3.63) is 78.0 Å². The average molecular weight is 546 g/mol. The smallest absolute Gasteiger partial charge is 0.371 e. The van der Waals surface area contributed by atoms with Gasteiger partial charge in [0, 0.05) is 56.1 Å². The summed E-state index contributed by atoms with van der Waals surface area (Å²) in [5, 5.41) is 13.1. The van der Waals surface area contributed by atoms with Crippen LogP contribution in [0.2, 0.25) is 0 Å². The zero-order chi connectivity index (χ0) is 27.7. The molecule has 0 radical (unpaired) electrons. The van der Waals surface area contributed by atoms with Gasteiger partial charge in [0.25, 0.3) is 0 Å². The summed E-state index contributed by atoms with van der Waals surface area (Å²) in [6.45, 7) is 3.60. The number of hydrogen-bond donors (Lipinski definition) is 1. The predicted molar refractivity (Wildman–Crippen MR) is 151 cm³/mol. The van der Waals surface area contributed by atoms with E-state index in [4.69, 9.17) is 4.98 Å². The number of piperidine rings is 1. The van der Waals surface area contributed by atoms with Gasteiger partial charge in [-0.3, -0.25) is 0 Å². The second-order valence-electron chi connectivity index (χ2n) is 11.4. The molecule has 3 aromatic rings. The first-order valence-electron chi connectivity index (χ1n) is 14.3. The summed E-state index contributed by atoms with van der Waals surface area (Å²) in [6, 6.07) is 20.1. The van der Waals surface area contributed by atoms with Crippen molar-refractivity contribution in [1.82, 2.24) is 10.3 Å². The Morgan fingerprint density at radius 1 is 0.900 bits per heavy atom. The molecule has 6 rings (SSSR count). The number of nitrogens with zero attached hydrogens (tertiary/aromatic N) is 4. The van der Waals surface area contributed by atoms with Crippen molar-refractivity contribution in [3.63, 3.8) is 0 Å². The summed E-state index contributed by atoms with van der Waals surface area (Å²) >= 11 is 0. The van der Waals surface area contributed by atoms with E-state index in [1.54, 1.807) is 18.3 Å². The molecule has 2 aliphatic heterocycles. The molecule has 2 saturated heterocycles. The minimum atomic E-state index is -4.38. The van der Waals surface area contributed by atoms with Gasteiger partial charge >= 0.3 is 6.18 Å². The first kappa shape index (κ1) is 26.6. The lowest BCUT2D eigenvalue weighted by Crippen LogP contribution is -2.60. The van der Waals surface area contributed by atoms with E-state index in [-0.39, 0.29) is 6.04 Å². The van der Waals surface area contributed by atoms with Crippen LogP contribution in [-0.4, -0.2) is 43.2 Å². The number of alkyl halides is 3. The number of halogens is 3. The monoisotopic (exact) mass is 545 g/mol. The van der Waals surface area contributed by atoms with Crippen LogP contribution in [0.5, 0.6) is 0 Å². The van der Waals surface area contributed by atoms with E-state index in [0.29, 0.717) is 29.0 Å². The molecule has 208 valence electrons. The van der Waals surface area contributed by atoms with E-state index in [9.17, 15) is 18.4 Å². The number of nitriles is 1. The minimum absolute atomic E-state index is 0.272. The van der Waals surface area contributed by atoms with Crippen molar-refractivity contribution >= 4 is 11.5 Å². The third-order valence-electron chi connectivity index (χ3n) is 9.00. The molecule has 2 aromatic carbocycles. The van der Waals surface area contributed by atoms with Crippen LogP contribution in [0.3, 0.4) is 0 Å². The van der Waals surface area contributed by atoms with Crippen molar-refractivity contribution in [1.29, 1.82) is 5.26 Å². The number of anilines is 2. The fourth-order valence-corrected chi connectivity index (χ4v) is 6.89. The normalized spacial score (nSPS) is 25.2. The van der Waals surface area contributed by atoms with Gasteiger partial charge in [0.15, 0.2) is 0 Å². The zero-order valence-corrected chi connectivity index (χ0v) is 22.4. The Morgan fingerprint density at radius 2 is 1.70 bits per heavy atom. The maximum Gasteiger partial charge on any atom is 0.416 e. The standard InChI is InChI=1S/C32H34F3N5/c33-32(34,35)27-6-3-5-23(16-27)24-12-14-37-31(17-24)40-21-25-4-1-2-7-29(25)38-19-26-20-39(15-13-30(26)40)28-10-8-22(18-36)9-11-28/h3,5-6,8-12,14,16-17,25-26,29-30,38H,1-2,4,7,13,15,19-21H2. The molecule has 5 nitrogen and oxygen atoms in total. The molecule has 1 saturated carbocycles. The summed E-state index contributed by atoms with van der Waals surface area (Å²) in [5.41, 5.74) is 2.46. The van der Waals surface area contributed by atoms with Gasteiger partial charge in [0.2, 0.25) is 0 Å². The number of fused-ring (bicyclic) bond motifs is 2. The van der Waals surface area contributed by atoms with Crippen LogP contribution >= 0.6 is 0 Å². The highest BCUT2D eigenvalue weighted by atomic mass is 19.4. The van der Waals surface area contributed by atoms with Crippen molar-refractivity contribution < 1.29 is 13.2 Å². The third-order valence-corrected chi connectivity index (χ3v) is 9.00. The first-order chi connectivity index (χ1) is 19.4. The van der Waals surface area contributed by atoms with Crippen LogP contribution in [0, 0.1) is 23.2 Å². The van der Waals surface area contributed by atoms with Crippen LogP contribution < -0.4 is 15.1 Å². The Labute approximate surface area is 233 Å². The van der Waals surface area contributed by atoms with Crippen molar-refractivity contribution in [3.8, 4) is 17.2 Å². The van der Waals surface area contributed by atoms with Crippen molar-refractivity contribution in [2.75, 3.05) is 36.0 Å². The Kier molecular flexibility index (Phi) is 7.41. The van der Waals surface area contributed by atoms with Gasteiger partial charge in [-0.15, -0.1) is 0 Å². The second-order valence-corrected chi connectivity index (χ2v) is 11.4. The van der Waals surface area contributed by atoms with Gasteiger partial charge in [-0.25, -0.2) is 4.98 Å². The van der Waals surface area contributed by atoms with Crippen LogP contribution in [0.4, 0.5) is 24.7 Å². The van der Waals surface area contributed by atoms with Gasteiger partial charge < -0.3 is 15.1 Å². The summed E-state index contributed by atoms with van der Waals surface area (Å²) in [5.74, 6) is 1.72. The zero-order valence-electron chi connectivity index (χ0n) is 22.4. The lowest BCUT2D eigenvalue weighted by molar-refractivity contribution is -0.137. The number of aromatic nitrogens is 1. The molecule has 3 heterocycles. The van der Waals surface area contributed by atoms with E-state index < -0.39 is 11.7 Å². The molecule has 1 aliphatic carbocycles. The van der Waals surface area contributed by atoms with Crippen LogP contribution in [-0.2, 0) is 6.18 Å². The van der Waals surface area contributed by atoms with E-state index in [1.165, 1.54) is 37.8 Å². The highest BCUT2D eigenvalue weighted by molar-refractivity contribution is 5.67. The number of benzene rings is 2. The molecule has 40 heavy (non-hydrogen) atoms. The van der Waals surface area contributed by atoms with Crippen LogP contribution in [0.1, 0.15) is 43.2 Å². The van der Waals surface area contributed by atoms with E-state index in [0.717, 1.165) is 55.7 Å². The summed E-state index contributed by atoms with van der Waals surface area (Å²) < 4.78 is 40.3. The minimum Gasteiger partial charge on any atom is -0.371 e. The first-order valence-corrected chi connectivity index (χ1v) is 14.3. The quantitative estimate of drug-likeness (QED) is 0.407. The van der Waals surface area contributed by atoms with Crippen molar-refractivity contribution in [2.45, 2.75) is 50.4 Å². The maximum absolute atomic E-state index is 13.4. The third kappa shape index (κ3) is 5.53. The number of rotatable bonds is 3. The lowest BCUT2D eigenvalue weighted by Gasteiger charge is -2.50. The fourth-order valence-electron chi connectivity index (χ4n) is 6.89. The number of nitrogens with one attached hydrogen (secondary N) is 1. The molecule has 4 atom stereocenters. The molecule has 0 amide bonds. The van der Waals surface area contributed by atoms with Gasteiger partial charge in [-0.2, -0.15) is 18.4 Å². The molecule has 8 heteroatoms. The molecular weight excluding hydrogens is 511 g/mol. The molecule has 0 bridgehead atoms. The second kappa shape index (κ2) is 11.1. The average Bonchev–Trinajstić information content (AvgIpc) is 2.98. The van der Waals surface area contributed by atoms with Gasteiger partial charge in [0.05, 0.1) is 17.2 Å². The topological polar surface area (TPSA) is 55.2 Å². The highest BCUT2D eigenvalue weighted by Crippen LogP contribution is 2.37. The number of hydrogen-bond acceptors (Lipinski definition) is 5. The highest BCUT2D eigenvalue weighted by Gasteiger charge is 2.39. The SMILES string of the molecule is N#Cc1ccc(N2CCC3C(CNC4CCCCC4CN3c3cc(-c4cccc(C(F)(F)F)c4)ccn3)C2)cc1. The molecular formula is C32H34F3N5. The summed E-state index contributed by atoms with van der Waals surface area (Å²) in [7, 11) is 0. The van der Waals surface area contributed by atoms with Crippen LogP contribution in [0.15, 0.2) is 66.9 Å². The fraction of sp³-hybridized carbons (Fsp3) is 0.438. The molecule has 0 spiro atoms. The largest absolute Gasteiger partial charge is 0.416 e. The Bertz CT molecular complexity index is 1370. The van der Waals surface area contributed by atoms with Gasteiger partial charge in [-0.1, -0.05) is 25.0 Å². The van der Waals surface area contributed by atoms with E-state index in [1.807, 2.05) is 30.3 Å². The predicted octanol–water partition coefficient (Wildman–Crippen LogP) is 6.50.